The van der Waals surface area contributed by atoms with Crippen LogP contribution in [0.25, 0.3) is 11.0 Å². The Labute approximate surface area is 155 Å². The van der Waals surface area contributed by atoms with E-state index in [0.29, 0.717) is 11.8 Å². The lowest BCUT2D eigenvalue weighted by molar-refractivity contribution is -0.145. The van der Waals surface area contributed by atoms with Gasteiger partial charge in [-0.25, -0.2) is 9.59 Å². The number of hydrogen-bond acceptors (Lipinski definition) is 7. The minimum absolute atomic E-state index is 0.142. The standard InChI is InChI=1S/C19H21NO7/c1-11(2)8-13(18(23)25-3)20-17(22)10-26-19(24)16-9-14(21)12-6-4-5-7-15(12)27-16/h4-7,9,11,13H,8,10H2,1-3H3,(H,20,22)/t13-/m1/s1. The first-order chi connectivity index (χ1) is 12.8. The Morgan fingerprint density at radius 1 is 1.19 bits per heavy atom. The summed E-state index contributed by atoms with van der Waals surface area (Å²) in [5.74, 6) is -2.36. The molecule has 0 aliphatic rings. The summed E-state index contributed by atoms with van der Waals surface area (Å²) in [5.41, 5.74) is -0.153. The molecule has 27 heavy (non-hydrogen) atoms. The summed E-state index contributed by atoms with van der Waals surface area (Å²) in [4.78, 5) is 47.8. The van der Waals surface area contributed by atoms with Crippen LogP contribution in [-0.2, 0) is 19.1 Å². The average Bonchev–Trinajstić information content (AvgIpc) is 2.64. The zero-order valence-corrected chi connectivity index (χ0v) is 15.3. The van der Waals surface area contributed by atoms with Crippen molar-refractivity contribution in [3.63, 3.8) is 0 Å². The summed E-state index contributed by atoms with van der Waals surface area (Å²) in [6.07, 6.45) is 0.381. The van der Waals surface area contributed by atoms with Crippen molar-refractivity contribution in [1.82, 2.24) is 5.32 Å². The van der Waals surface area contributed by atoms with E-state index in [1.54, 1.807) is 24.3 Å². The number of ether oxygens (including phenoxy) is 2. The van der Waals surface area contributed by atoms with Crippen LogP contribution in [0.3, 0.4) is 0 Å². The smallest absolute Gasteiger partial charge is 0.374 e. The minimum atomic E-state index is -0.952. The second-order valence-electron chi connectivity index (χ2n) is 6.32. The van der Waals surface area contributed by atoms with E-state index in [0.717, 1.165) is 6.07 Å². The van der Waals surface area contributed by atoms with Gasteiger partial charge in [-0.15, -0.1) is 0 Å². The van der Waals surface area contributed by atoms with E-state index in [2.05, 4.69) is 10.1 Å². The fraction of sp³-hybridized carbons (Fsp3) is 0.368. The molecule has 1 aromatic heterocycles. The van der Waals surface area contributed by atoms with Crippen LogP contribution < -0.4 is 10.7 Å². The van der Waals surface area contributed by atoms with Crippen molar-refractivity contribution in [2.75, 3.05) is 13.7 Å². The van der Waals surface area contributed by atoms with E-state index in [4.69, 9.17) is 9.15 Å². The number of nitrogens with one attached hydrogen (secondary N) is 1. The third kappa shape index (κ3) is 5.40. The molecular formula is C19H21NO7. The maximum Gasteiger partial charge on any atom is 0.374 e. The molecule has 1 atom stereocenters. The molecule has 8 heteroatoms. The van der Waals surface area contributed by atoms with Crippen molar-refractivity contribution in [2.45, 2.75) is 26.3 Å². The molecule has 1 heterocycles. The molecule has 144 valence electrons. The number of carbonyl (C=O) groups is 3. The van der Waals surface area contributed by atoms with Gasteiger partial charge in [0.05, 0.1) is 12.5 Å². The fourth-order valence-electron chi connectivity index (χ4n) is 2.47. The SMILES string of the molecule is COC(=O)[C@@H](CC(C)C)NC(=O)COC(=O)c1cc(=O)c2ccccc2o1. The van der Waals surface area contributed by atoms with Gasteiger partial charge < -0.3 is 19.2 Å². The first-order valence-electron chi connectivity index (χ1n) is 8.39. The van der Waals surface area contributed by atoms with Gasteiger partial charge in [-0.2, -0.15) is 0 Å². The van der Waals surface area contributed by atoms with Gasteiger partial charge in [0.25, 0.3) is 5.91 Å². The summed E-state index contributed by atoms with van der Waals surface area (Å²) in [5, 5.41) is 2.80. The highest BCUT2D eigenvalue weighted by Crippen LogP contribution is 2.12. The van der Waals surface area contributed by atoms with E-state index in [1.807, 2.05) is 13.8 Å². The summed E-state index contributed by atoms with van der Waals surface area (Å²) < 4.78 is 14.9. The van der Waals surface area contributed by atoms with Crippen LogP contribution in [0.15, 0.2) is 39.5 Å². The normalized spacial score (nSPS) is 11.9. The van der Waals surface area contributed by atoms with E-state index >= 15 is 0 Å². The van der Waals surface area contributed by atoms with Gasteiger partial charge >= 0.3 is 11.9 Å². The largest absolute Gasteiger partial charge is 0.467 e. The molecule has 0 aliphatic heterocycles. The number of methoxy groups -OCH3 is 1. The monoisotopic (exact) mass is 375 g/mol. The molecule has 1 N–H and O–H groups in total. The van der Waals surface area contributed by atoms with Crippen molar-refractivity contribution in [3.05, 3.63) is 46.3 Å². The Morgan fingerprint density at radius 2 is 1.89 bits per heavy atom. The predicted molar refractivity (Wildman–Crippen MR) is 96.2 cm³/mol. The number of esters is 2. The molecule has 0 aliphatic carbocycles. The lowest BCUT2D eigenvalue weighted by Crippen LogP contribution is -2.44. The van der Waals surface area contributed by atoms with E-state index in [9.17, 15) is 19.2 Å². The fourth-order valence-corrected chi connectivity index (χ4v) is 2.47. The number of rotatable bonds is 7. The van der Waals surface area contributed by atoms with Crippen molar-refractivity contribution < 1.29 is 28.3 Å². The van der Waals surface area contributed by atoms with Gasteiger partial charge in [0.15, 0.2) is 12.0 Å². The highest BCUT2D eigenvalue weighted by Gasteiger charge is 2.23. The van der Waals surface area contributed by atoms with E-state index < -0.39 is 35.9 Å². The Balaban J connectivity index is 2.01. The molecule has 1 amide bonds. The predicted octanol–water partition coefficient (Wildman–Crippen LogP) is 1.65. The van der Waals surface area contributed by atoms with Crippen LogP contribution in [0.1, 0.15) is 30.8 Å². The van der Waals surface area contributed by atoms with Crippen molar-refractivity contribution in [2.24, 2.45) is 5.92 Å². The molecule has 0 fully saturated rings. The molecule has 0 radical (unpaired) electrons. The molecule has 0 spiro atoms. The Bertz CT molecular complexity index is 900. The highest BCUT2D eigenvalue weighted by atomic mass is 16.5. The zero-order chi connectivity index (χ0) is 20.0. The molecule has 2 aromatic rings. The number of para-hydroxylation sites is 1. The summed E-state index contributed by atoms with van der Waals surface area (Å²) in [6.45, 7) is 3.16. The summed E-state index contributed by atoms with van der Waals surface area (Å²) in [6, 6.07) is 6.64. The quantitative estimate of drug-likeness (QED) is 0.732. The van der Waals surface area contributed by atoms with E-state index in [1.165, 1.54) is 7.11 Å². The van der Waals surface area contributed by atoms with Gasteiger partial charge in [0, 0.05) is 6.07 Å². The van der Waals surface area contributed by atoms with Crippen LogP contribution in [0.2, 0.25) is 0 Å². The molecule has 0 bridgehead atoms. The lowest BCUT2D eigenvalue weighted by Gasteiger charge is -2.18. The molecule has 2 rings (SSSR count). The Kier molecular flexibility index (Phi) is 6.70. The third-order valence-electron chi connectivity index (χ3n) is 3.70. The second kappa shape index (κ2) is 8.98. The van der Waals surface area contributed by atoms with Crippen molar-refractivity contribution in [3.8, 4) is 0 Å². The van der Waals surface area contributed by atoms with Crippen LogP contribution in [0.5, 0.6) is 0 Å². The molecular weight excluding hydrogens is 354 g/mol. The number of amides is 1. The first kappa shape index (κ1) is 20.2. The Morgan fingerprint density at radius 3 is 2.56 bits per heavy atom. The maximum absolute atomic E-state index is 12.1. The second-order valence-corrected chi connectivity index (χ2v) is 6.32. The topological polar surface area (TPSA) is 112 Å². The Hall–Kier alpha value is -3.16. The number of benzene rings is 1. The maximum atomic E-state index is 12.1. The zero-order valence-electron chi connectivity index (χ0n) is 15.3. The summed E-state index contributed by atoms with van der Waals surface area (Å²) >= 11 is 0. The first-order valence-corrected chi connectivity index (χ1v) is 8.39. The van der Waals surface area contributed by atoms with Crippen LogP contribution >= 0.6 is 0 Å². The summed E-state index contributed by atoms with van der Waals surface area (Å²) in [7, 11) is 1.23. The van der Waals surface area contributed by atoms with Gasteiger partial charge in [0.2, 0.25) is 5.76 Å². The number of fused-ring (bicyclic) bond motifs is 1. The molecule has 0 saturated heterocycles. The number of carbonyl (C=O) groups excluding carboxylic acids is 3. The van der Waals surface area contributed by atoms with Crippen LogP contribution in [0, 0.1) is 5.92 Å². The van der Waals surface area contributed by atoms with Crippen molar-refractivity contribution in [1.29, 1.82) is 0 Å². The molecule has 0 saturated carbocycles. The highest BCUT2D eigenvalue weighted by molar-refractivity contribution is 5.91. The minimum Gasteiger partial charge on any atom is -0.467 e. The van der Waals surface area contributed by atoms with Gasteiger partial charge in [-0.3, -0.25) is 9.59 Å². The molecule has 8 nitrogen and oxygen atoms in total. The average molecular weight is 375 g/mol. The van der Waals surface area contributed by atoms with Crippen LogP contribution in [-0.4, -0.2) is 37.6 Å². The van der Waals surface area contributed by atoms with Crippen LogP contribution in [0.4, 0.5) is 0 Å². The van der Waals surface area contributed by atoms with Gasteiger partial charge in [0.1, 0.15) is 11.6 Å². The van der Waals surface area contributed by atoms with E-state index in [-0.39, 0.29) is 17.3 Å². The third-order valence-corrected chi connectivity index (χ3v) is 3.70. The van der Waals surface area contributed by atoms with Gasteiger partial charge in [-0.1, -0.05) is 26.0 Å². The number of hydrogen-bond donors (Lipinski definition) is 1. The van der Waals surface area contributed by atoms with Crippen molar-refractivity contribution >= 4 is 28.8 Å². The lowest BCUT2D eigenvalue weighted by atomic mass is 10.0. The molecule has 0 unspecified atom stereocenters. The van der Waals surface area contributed by atoms with Gasteiger partial charge in [-0.05, 0) is 24.5 Å². The molecule has 1 aromatic carbocycles.